The molecule has 0 amide bonds. The zero-order valence-electron chi connectivity index (χ0n) is 52.1. The molecule has 0 bridgehead atoms. The minimum absolute atomic E-state index is 0.0601. The summed E-state index contributed by atoms with van der Waals surface area (Å²) >= 11 is 0. The van der Waals surface area contributed by atoms with E-state index in [9.17, 15) is 14.4 Å². The molecule has 0 fully saturated rings. The lowest BCUT2D eigenvalue weighted by molar-refractivity contribution is -0.167. The average Bonchev–Trinajstić information content (AvgIpc) is 3.42. The van der Waals surface area contributed by atoms with Gasteiger partial charge in [0.25, 0.3) is 0 Å². The van der Waals surface area contributed by atoms with Crippen molar-refractivity contribution in [2.75, 3.05) is 13.2 Å². The van der Waals surface area contributed by atoms with Gasteiger partial charge in [0.2, 0.25) is 0 Å². The van der Waals surface area contributed by atoms with Crippen molar-refractivity contribution < 1.29 is 28.6 Å². The highest BCUT2D eigenvalue weighted by molar-refractivity contribution is 5.71. The molecular weight excluding hydrogens is 937 g/mol. The van der Waals surface area contributed by atoms with Crippen molar-refractivity contribution >= 4 is 17.9 Å². The summed E-state index contributed by atoms with van der Waals surface area (Å²) in [5, 5.41) is 0. The third-order valence-corrected chi connectivity index (χ3v) is 16.4. The Balaban J connectivity index is 4.24. The number of rotatable bonds is 66. The fourth-order valence-electron chi connectivity index (χ4n) is 11.1. The van der Waals surface area contributed by atoms with Crippen LogP contribution in [0.1, 0.15) is 412 Å². The molecule has 6 heteroatoms. The summed E-state index contributed by atoms with van der Waals surface area (Å²) < 4.78 is 17.0. The van der Waals surface area contributed by atoms with E-state index in [1.807, 2.05) is 0 Å². The zero-order chi connectivity index (χ0) is 55.0. The van der Waals surface area contributed by atoms with Crippen LogP contribution in [0.5, 0.6) is 0 Å². The maximum atomic E-state index is 12.9. The van der Waals surface area contributed by atoms with Crippen molar-refractivity contribution in [1.29, 1.82) is 0 Å². The van der Waals surface area contributed by atoms with Gasteiger partial charge in [0.1, 0.15) is 13.2 Å². The van der Waals surface area contributed by atoms with Gasteiger partial charge >= 0.3 is 17.9 Å². The molecule has 0 aliphatic carbocycles. The Bertz CT molecular complexity index is 1140. The van der Waals surface area contributed by atoms with Gasteiger partial charge in [0.15, 0.2) is 6.10 Å². The van der Waals surface area contributed by atoms with E-state index >= 15 is 0 Å². The minimum atomic E-state index is -0.763. The van der Waals surface area contributed by atoms with Crippen LogP contribution in [0.2, 0.25) is 0 Å². The largest absolute Gasteiger partial charge is 0.462 e. The summed E-state index contributed by atoms with van der Waals surface area (Å²) in [6.07, 6.45) is 77.0. The van der Waals surface area contributed by atoms with Crippen molar-refractivity contribution in [2.24, 2.45) is 0 Å². The number of esters is 3. The standard InChI is InChI=1S/C70H136O6/c1-4-7-10-13-16-19-22-25-28-31-33-34-35-36-38-39-42-45-48-51-54-57-60-63-69(72)75-66-67(65-74-68(71)62-59-56-53-50-47-44-41-30-27-24-21-18-15-12-9-6-3)76-70(73)64-61-58-55-52-49-46-43-40-37-32-29-26-23-20-17-14-11-8-5-2/h67H,4-66H2,1-3H3. The van der Waals surface area contributed by atoms with Gasteiger partial charge in [-0.25, -0.2) is 0 Å². The van der Waals surface area contributed by atoms with Crippen LogP contribution < -0.4 is 0 Å². The highest BCUT2D eigenvalue weighted by Crippen LogP contribution is 2.19. The predicted molar refractivity (Wildman–Crippen MR) is 330 cm³/mol. The Morgan fingerprint density at radius 3 is 0.526 bits per heavy atom. The molecule has 0 heterocycles. The first-order chi connectivity index (χ1) is 37.5. The quantitative estimate of drug-likeness (QED) is 0.0343. The number of hydrogen-bond acceptors (Lipinski definition) is 6. The molecule has 0 aliphatic heterocycles. The van der Waals surface area contributed by atoms with Gasteiger partial charge in [-0.3, -0.25) is 14.4 Å². The second-order valence-electron chi connectivity index (χ2n) is 24.2. The van der Waals surface area contributed by atoms with Crippen LogP contribution in [0, 0.1) is 0 Å². The smallest absolute Gasteiger partial charge is 0.306 e. The van der Waals surface area contributed by atoms with E-state index in [0.29, 0.717) is 19.3 Å². The van der Waals surface area contributed by atoms with Crippen LogP contribution in [-0.2, 0) is 28.6 Å². The van der Waals surface area contributed by atoms with E-state index in [1.165, 1.54) is 315 Å². The second kappa shape index (κ2) is 65.9. The second-order valence-corrected chi connectivity index (χ2v) is 24.2. The first-order valence-corrected chi connectivity index (χ1v) is 35.0. The number of carbonyl (C=O) groups excluding carboxylic acids is 3. The van der Waals surface area contributed by atoms with Crippen molar-refractivity contribution in [3.8, 4) is 0 Å². The molecule has 0 aromatic rings. The molecule has 0 saturated heterocycles. The molecule has 1 unspecified atom stereocenters. The Morgan fingerprint density at radius 1 is 0.211 bits per heavy atom. The van der Waals surface area contributed by atoms with Crippen LogP contribution in [0.15, 0.2) is 0 Å². The first-order valence-electron chi connectivity index (χ1n) is 35.0. The average molecular weight is 1070 g/mol. The first kappa shape index (κ1) is 74.4. The van der Waals surface area contributed by atoms with Gasteiger partial charge in [0, 0.05) is 19.3 Å². The number of ether oxygens (including phenoxy) is 3. The molecule has 6 nitrogen and oxygen atoms in total. The molecule has 0 rings (SSSR count). The van der Waals surface area contributed by atoms with Gasteiger partial charge in [-0.05, 0) is 19.3 Å². The van der Waals surface area contributed by atoms with E-state index in [1.54, 1.807) is 0 Å². The van der Waals surface area contributed by atoms with E-state index in [-0.39, 0.29) is 31.1 Å². The van der Waals surface area contributed by atoms with E-state index in [0.717, 1.165) is 57.8 Å². The molecule has 0 spiro atoms. The normalized spacial score (nSPS) is 11.9. The van der Waals surface area contributed by atoms with Crippen LogP contribution in [0.3, 0.4) is 0 Å². The summed E-state index contributed by atoms with van der Waals surface area (Å²) in [6, 6.07) is 0. The molecule has 76 heavy (non-hydrogen) atoms. The summed E-state index contributed by atoms with van der Waals surface area (Å²) in [6.45, 7) is 6.75. The maximum absolute atomic E-state index is 12.9. The van der Waals surface area contributed by atoms with Crippen LogP contribution in [0.25, 0.3) is 0 Å². The Labute approximate surface area is 476 Å². The van der Waals surface area contributed by atoms with Crippen molar-refractivity contribution in [2.45, 2.75) is 419 Å². The van der Waals surface area contributed by atoms with Crippen LogP contribution in [0.4, 0.5) is 0 Å². The molecular formula is C70H136O6. The van der Waals surface area contributed by atoms with Crippen molar-refractivity contribution in [3.63, 3.8) is 0 Å². The van der Waals surface area contributed by atoms with Gasteiger partial charge in [-0.15, -0.1) is 0 Å². The molecule has 452 valence electrons. The van der Waals surface area contributed by atoms with Crippen LogP contribution >= 0.6 is 0 Å². The monoisotopic (exact) mass is 1070 g/mol. The number of unbranched alkanes of at least 4 members (excludes halogenated alkanes) is 55. The predicted octanol–water partition coefficient (Wildman–Crippen LogP) is 23.8. The molecule has 0 aromatic carbocycles. The lowest BCUT2D eigenvalue weighted by atomic mass is 10.0. The summed E-state index contributed by atoms with van der Waals surface area (Å²) in [5.74, 6) is -0.818. The Kier molecular flexibility index (Phi) is 64.5. The van der Waals surface area contributed by atoms with Gasteiger partial charge in [0.05, 0.1) is 0 Å². The highest BCUT2D eigenvalue weighted by atomic mass is 16.6. The van der Waals surface area contributed by atoms with Gasteiger partial charge in [-0.1, -0.05) is 374 Å². The van der Waals surface area contributed by atoms with Crippen molar-refractivity contribution in [3.05, 3.63) is 0 Å². The highest BCUT2D eigenvalue weighted by Gasteiger charge is 2.19. The van der Waals surface area contributed by atoms with Gasteiger partial charge < -0.3 is 14.2 Å². The molecule has 0 radical (unpaired) electrons. The zero-order valence-corrected chi connectivity index (χ0v) is 52.1. The topological polar surface area (TPSA) is 78.9 Å². The summed E-state index contributed by atoms with van der Waals surface area (Å²) in [7, 11) is 0. The number of hydrogen-bond donors (Lipinski definition) is 0. The van der Waals surface area contributed by atoms with Crippen molar-refractivity contribution in [1.82, 2.24) is 0 Å². The molecule has 0 saturated carbocycles. The Hall–Kier alpha value is -1.59. The van der Waals surface area contributed by atoms with Gasteiger partial charge in [-0.2, -0.15) is 0 Å². The summed E-state index contributed by atoms with van der Waals surface area (Å²) in [5.41, 5.74) is 0. The fourth-order valence-corrected chi connectivity index (χ4v) is 11.1. The third kappa shape index (κ3) is 63.2. The van der Waals surface area contributed by atoms with Crippen LogP contribution in [-0.4, -0.2) is 37.2 Å². The SMILES string of the molecule is CCCCCCCCCCCCCCCCCCCCCCCCCC(=O)OCC(COC(=O)CCCCCCCCCCCCCCCCCC)OC(=O)CCCCCCCCCCCCCCCCCCCCC. The lowest BCUT2D eigenvalue weighted by Gasteiger charge is -2.18. The van der Waals surface area contributed by atoms with E-state index < -0.39 is 6.10 Å². The number of carbonyl (C=O) groups is 3. The Morgan fingerprint density at radius 2 is 0.355 bits per heavy atom. The lowest BCUT2D eigenvalue weighted by Crippen LogP contribution is -2.30. The fraction of sp³-hybridized carbons (Fsp3) is 0.957. The third-order valence-electron chi connectivity index (χ3n) is 16.4. The maximum Gasteiger partial charge on any atom is 0.306 e. The molecule has 0 aliphatic rings. The van der Waals surface area contributed by atoms with E-state index in [4.69, 9.17) is 14.2 Å². The molecule has 0 N–H and O–H groups in total. The minimum Gasteiger partial charge on any atom is -0.462 e. The molecule has 0 aromatic heterocycles. The molecule has 1 atom stereocenters. The summed E-state index contributed by atoms with van der Waals surface area (Å²) in [4.78, 5) is 38.4. The van der Waals surface area contributed by atoms with E-state index in [2.05, 4.69) is 20.8 Å².